The molecule has 0 aliphatic rings. The third kappa shape index (κ3) is 4.07. The van der Waals surface area contributed by atoms with Crippen LogP contribution < -0.4 is 0 Å². The van der Waals surface area contributed by atoms with E-state index in [9.17, 15) is 0 Å². The van der Waals surface area contributed by atoms with Crippen molar-refractivity contribution in [3.63, 3.8) is 0 Å². The van der Waals surface area contributed by atoms with Crippen molar-refractivity contribution < 1.29 is 0 Å². The normalized spacial score (nSPS) is 11.8. The SMILES string of the molecule is c1ccc(-c2ccc3cc(-c4c5ccccc5c(-c5cccc6c5ccc5c7ccccc7sc65)c5ccccc45)ccc3c2)cc1. The van der Waals surface area contributed by atoms with Crippen LogP contribution in [0.1, 0.15) is 0 Å². The summed E-state index contributed by atoms with van der Waals surface area (Å²) >= 11 is 1.90. The van der Waals surface area contributed by atoms with Gasteiger partial charge in [-0.1, -0.05) is 152 Å². The Hall–Kier alpha value is -5.76. The van der Waals surface area contributed by atoms with Crippen LogP contribution in [0.5, 0.6) is 0 Å². The Labute approximate surface area is 276 Å². The van der Waals surface area contributed by atoms with Gasteiger partial charge in [0.1, 0.15) is 0 Å². The molecule has 0 N–H and O–H groups in total. The molecule has 0 aliphatic heterocycles. The Kier molecular flexibility index (Phi) is 5.85. The molecule has 1 heterocycles. The predicted octanol–water partition coefficient (Wildman–Crippen LogP) is 13.7. The number of benzene rings is 9. The van der Waals surface area contributed by atoms with E-state index < -0.39 is 0 Å². The maximum Gasteiger partial charge on any atom is 0.0434 e. The van der Waals surface area contributed by atoms with Gasteiger partial charge in [0, 0.05) is 25.6 Å². The third-order valence-corrected chi connectivity index (χ3v) is 11.1. The summed E-state index contributed by atoms with van der Waals surface area (Å²) in [6.07, 6.45) is 0. The largest absolute Gasteiger partial charge is 0.135 e. The maximum atomic E-state index is 2.37. The zero-order chi connectivity index (χ0) is 30.9. The first-order valence-corrected chi connectivity index (χ1v) is 17.0. The number of fused-ring (bicyclic) bond motifs is 8. The summed E-state index contributed by atoms with van der Waals surface area (Å²) < 4.78 is 2.70. The van der Waals surface area contributed by atoms with Crippen LogP contribution in [0.15, 0.2) is 170 Å². The average Bonchev–Trinajstić information content (AvgIpc) is 3.53. The van der Waals surface area contributed by atoms with E-state index in [1.807, 2.05) is 11.3 Å². The Morgan fingerprint density at radius 2 is 0.830 bits per heavy atom. The van der Waals surface area contributed by atoms with Crippen LogP contribution in [-0.4, -0.2) is 0 Å². The van der Waals surface area contributed by atoms with E-state index in [4.69, 9.17) is 0 Å². The molecule has 1 heteroatoms. The second kappa shape index (κ2) is 10.4. The van der Waals surface area contributed by atoms with Crippen LogP contribution in [0.25, 0.3) is 96.6 Å². The summed E-state index contributed by atoms with van der Waals surface area (Å²) in [6.45, 7) is 0. The van der Waals surface area contributed by atoms with Gasteiger partial charge in [-0.15, -0.1) is 11.3 Å². The minimum atomic E-state index is 1.24. The molecule has 0 bridgehead atoms. The number of hydrogen-bond donors (Lipinski definition) is 0. The molecule has 10 rings (SSSR count). The van der Waals surface area contributed by atoms with Gasteiger partial charge in [-0.3, -0.25) is 0 Å². The summed E-state index contributed by atoms with van der Waals surface area (Å²) in [5.41, 5.74) is 7.61. The predicted molar refractivity (Wildman–Crippen MR) is 206 cm³/mol. The van der Waals surface area contributed by atoms with Crippen molar-refractivity contribution in [2.75, 3.05) is 0 Å². The van der Waals surface area contributed by atoms with Crippen LogP contribution in [-0.2, 0) is 0 Å². The zero-order valence-electron chi connectivity index (χ0n) is 25.6. The second-order valence-corrected chi connectivity index (χ2v) is 13.5. The fourth-order valence-corrected chi connectivity index (χ4v) is 8.93. The second-order valence-electron chi connectivity index (χ2n) is 12.4. The number of thiophene rings is 1. The van der Waals surface area contributed by atoms with E-state index in [2.05, 4.69) is 170 Å². The first-order chi connectivity index (χ1) is 23.3. The van der Waals surface area contributed by atoms with E-state index in [0.29, 0.717) is 0 Å². The van der Waals surface area contributed by atoms with Gasteiger partial charge in [0.05, 0.1) is 0 Å². The van der Waals surface area contributed by atoms with Crippen LogP contribution >= 0.6 is 11.3 Å². The smallest absolute Gasteiger partial charge is 0.0434 e. The lowest BCUT2D eigenvalue weighted by molar-refractivity contribution is 1.64. The van der Waals surface area contributed by atoms with Crippen LogP contribution in [0.3, 0.4) is 0 Å². The molecule has 0 atom stereocenters. The summed E-state index contributed by atoms with van der Waals surface area (Å²) in [5.74, 6) is 0. The van der Waals surface area contributed by atoms with Crippen molar-refractivity contribution in [3.8, 4) is 33.4 Å². The van der Waals surface area contributed by atoms with E-state index in [0.717, 1.165) is 0 Å². The van der Waals surface area contributed by atoms with Gasteiger partial charge >= 0.3 is 0 Å². The average molecular weight is 613 g/mol. The van der Waals surface area contributed by atoms with Crippen molar-refractivity contribution >= 4 is 74.6 Å². The first kappa shape index (κ1) is 26.5. The van der Waals surface area contributed by atoms with Gasteiger partial charge in [-0.05, 0) is 89.3 Å². The number of rotatable bonds is 3. The molecule has 0 radical (unpaired) electrons. The first-order valence-electron chi connectivity index (χ1n) is 16.2. The molecule has 0 saturated carbocycles. The lowest BCUT2D eigenvalue weighted by atomic mass is 9.84. The Morgan fingerprint density at radius 1 is 0.298 bits per heavy atom. The van der Waals surface area contributed by atoms with Crippen LogP contribution in [0.4, 0.5) is 0 Å². The highest BCUT2D eigenvalue weighted by Crippen LogP contribution is 2.47. The maximum absolute atomic E-state index is 2.37. The van der Waals surface area contributed by atoms with Gasteiger partial charge in [0.25, 0.3) is 0 Å². The highest BCUT2D eigenvalue weighted by molar-refractivity contribution is 7.26. The lowest BCUT2D eigenvalue weighted by Gasteiger charge is -2.19. The van der Waals surface area contributed by atoms with E-state index >= 15 is 0 Å². The molecular weight excluding hydrogens is 585 g/mol. The molecule has 218 valence electrons. The molecule has 0 aliphatic carbocycles. The van der Waals surface area contributed by atoms with Crippen LogP contribution in [0.2, 0.25) is 0 Å². The molecule has 0 saturated heterocycles. The highest BCUT2D eigenvalue weighted by atomic mass is 32.1. The minimum Gasteiger partial charge on any atom is -0.135 e. The molecule has 10 aromatic rings. The Balaban J connectivity index is 1.23. The summed E-state index contributed by atoms with van der Waals surface area (Å²) in [4.78, 5) is 0. The van der Waals surface area contributed by atoms with E-state index in [-0.39, 0.29) is 0 Å². The molecule has 0 nitrogen and oxygen atoms in total. The van der Waals surface area contributed by atoms with Crippen LogP contribution in [0, 0.1) is 0 Å². The van der Waals surface area contributed by atoms with E-state index in [1.54, 1.807) is 0 Å². The summed E-state index contributed by atoms with van der Waals surface area (Å²) in [7, 11) is 0. The standard InChI is InChI=1S/C46H28S/c1-2-11-29(12-3-1)30-21-22-32-28-33(24-23-31(32)27-30)44-37-14-4-6-16-39(37)45(40-17-7-5-15-38(40)44)36-18-10-19-41-34(36)25-26-42-35-13-8-9-20-43(35)47-46(41)42/h1-28H. The van der Waals surface area contributed by atoms with Gasteiger partial charge < -0.3 is 0 Å². The molecule has 0 amide bonds. The fraction of sp³-hybridized carbons (Fsp3) is 0. The monoisotopic (exact) mass is 612 g/mol. The van der Waals surface area contributed by atoms with Gasteiger partial charge in [-0.25, -0.2) is 0 Å². The molecule has 1 aromatic heterocycles. The van der Waals surface area contributed by atoms with Crippen molar-refractivity contribution in [2.24, 2.45) is 0 Å². The zero-order valence-corrected chi connectivity index (χ0v) is 26.4. The van der Waals surface area contributed by atoms with Crippen molar-refractivity contribution in [3.05, 3.63) is 170 Å². The Morgan fingerprint density at radius 3 is 1.55 bits per heavy atom. The van der Waals surface area contributed by atoms with Crippen molar-refractivity contribution in [1.82, 2.24) is 0 Å². The summed E-state index contributed by atoms with van der Waals surface area (Å²) in [6, 6.07) is 62.7. The van der Waals surface area contributed by atoms with Gasteiger partial charge in [0.15, 0.2) is 0 Å². The summed E-state index contributed by atoms with van der Waals surface area (Å²) in [5, 5.41) is 12.9. The lowest BCUT2D eigenvalue weighted by Crippen LogP contribution is -1.92. The number of hydrogen-bond acceptors (Lipinski definition) is 1. The van der Waals surface area contributed by atoms with Crippen molar-refractivity contribution in [2.45, 2.75) is 0 Å². The van der Waals surface area contributed by atoms with Crippen molar-refractivity contribution in [1.29, 1.82) is 0 Å². The topological polar surface area (TPSA) is 0 Å². The molecule has 0 spiro atoms. The molecule has 47 heavy (non-hydrogen) atoms. The molecule has 9 aromatic carbocycles. The van der Waals surface area contributed by atoms with Gasteiger partial charge in [-0.2, -0.15) is 0 Å². The molecular formula is C46H28S. The molecule has 0 fully saturated rings. The molecule has 0 unspecified atom stereocenters. The minimum absolute atomic E-state index is 1.24. The Bertz CT molecular complexity index is 2780. The highest BCUT2D eigenvalue weighted by Gasteiger charge is 2.19. The van der Waals surface area contributed by atoms with Gasteiger partial charge in [0.2, 0.25) is 0 Å². The quantitative estimate of drug-likeness (QED) is 0.174. The fourth-order valence-electron chi connectivity index (χ4n) is 7.70. The van der Waals surface area contributed by atoms with E-state index in [1.165, 1.54) is 96.6 Å². The third-order valence-electron chi connectivity index (χ3n) is 9.84.